The van der Waals surface area contributed by atoms with Crippen molar-refractivity contribution >= 4 is 5.96 Å². The number of aromatic nitrogens is 1. The lowest BCUT2D eigenvalue weighted by Gasteiger charge is -2.10. The number of aliphatic imine (C=N–C) groups is 1. The first-order valence-electron chi connectivity index (χ1n) is 7.22. The SMILES string of the molecule is NC(=NCc1c(F)cccc1OC(F)F)NCCc1ccccn1. The number of halogens is 3. The predicted molar refractivity (Wildman–Crippen MR) is 84.3 cm³/mol. The molecule has 0 saturated carbocycles. The number of alkyl halides is 2. The molecule has 24 heavy (non-hydrogen) atoms. The lowest BCUT2D eigenvalue weighted by molar-refractivity contribution is -0.0506. The maximum absolute atomic E-state index is 13.8. The molecule has 0 unspecified atom stereocenters. The number of guanidine groups is 1. The minimum Gasteiger partial charge on any atom is -0.434 e. The Bertz CT molecular complexity index is 680. The van der Waals surface area contributed by atoms with E-state index in [1.807, 2.05) is 18.2 Å². The van der Waals surface area contributed by atoms with Gasteiger partial charge in [-0.15, -0.1) is 0 Å². The molecule has 1 aromatic heterocycles. The molecule has 3 N–H and O–H groups in total. The Hall–Kier alpha value is -2.77. The fraction of sp³-hybridized carbons (Fsp3) is 0.250. The van der Waals surface area contributed by atoms with Crippen LogP contribution in [0.1, 0.15) is 11.3 Å². The molecular formula is C16H17F3N4O. The molecule has 2 aromatic rings. The molecule has 0 amide bonds. The number of rotatable bonds is 7. The predicted octanol–water partition coefficient (Wildman–Crippen LogP) is 2.47. The largest absolute Gasteiger partial charge is 0.434 e. The van der Waals surface area contributed by atoms with Gasteiger partial charge in [-0.2, -0.15) is 8.78 Å². The van der Waals surface area contributed by atoms with Gasteiger partial charge in [-0.25, -0.2) is 9.38 Å². The molecule has 1 aromatic carbocycles. The van der Waals surface area contributed by atoms with Crippen LogP contribution in [0.3, 0.4) is 0 Å². The van der Waals surface area contributed by atoms with Crippen LogP contribution in [0.4, 0.5) is 13.2 Å². The van der Waals surface area contributed by atoms with Crippen LogP contribution < -0.4 is 15.8 Å². The van der Waals surface area contributed by atoms with E-state index in [0.29, 0.717) is 13.0 Å². The van der Waals surface area contributed by atoms with Crippen molar-refractivity contribution in [2.45, 2.75) is 19.6 Å². The maximum atomic E-state index is 13.8. The number of pyridine rings is 1. The first kappa shape index (κ1) is 17.6. The number of hydrogen-bond acceptors (Lipinski definition) is 3. The number of nitrogens with one attached hydrogen (secondary N) is 1. The Balaban J connectivity index is 1.92. The van der Waals surface area contributed by atoms with E-state index in [1.54, 1.807) is 6.20 Å². The molecule has 0 radical (unpaired) electrons. The van der Waals surface area contributed by atoms with Gasteiger partial charge in [0.25, 0.3) is 0 Å². The van der Waals surface area contributed by atoms with E-state index in [9.17, 15) is 13.2 Å². The van der Waals surface area contributed by atoms with Crippen molar-refractivity contribution in [3.05, 3.63) is 59.7 Å². The lowest BCUT2D eigenvalue weighted by Crippen LogP contribution is -2.33. The van der Waals surface area contributed by atoms with E-state index in [1.165, 1.54) is 12.1 Å². The smallest absolute Gasteiger partial charge is 0.387 e. The van der Waals surface area contributed by atoms with Gasteiger partial charge in [-0.1, -0.05) is 12.1 Å². The van der Waals surface area contributed by atoms with Crippen LogP contribution in [0, 0.1) is 5.82 Å². The number of benzene rings is 1. The van der Waals surface area contributed by atoms with Gasteiger partial charge in [-0.3, -0.25) is 4.98 Å². The average molecular weight is 338 g/mol. The second-order valence-corrected chi connectivity index (χ2v) is 4.79. The van der Waals surface area contributed by atoms with Gasteiger partial charge in [0.2, 0.25) is 0 Å². The minimum atomic E-state index is -3.04. The number of nitrogens with zero attached hydrogens (tertiary/aromatic N) is 2. The van der Waals surface area contributed by atoms with E-state index < -0.39 is 12.4 Å². The zero-order valence-corrected chi connectivity index (χ0v) is 12.8. The van der Waals surface area contributed by atoms with E-state index in [0.717, 1.165) is 11.8 Å². The third-order valence-corrected chi connectivity index (χ3v) is 3.11. The quantitative estimate of drug-likeness (QED) is 0.601. The summed E-state index contributed by atoms with van der Waals surface area (Å²) < 4.78 is 42.7. The van der Waals surface area contributed by atoms with Crippen LogP contribution >= 0.6 is 0 Å². The Labute approximate surface area is 137 Å². The van der Waals surface area contributed by atoms with Gasteiger partial charge < -0.3 is 15.8 Å². The Morgan fingerprint density at radius 2 is 2.08 bits per heavy atom. The number of ether oxygens (including phenoxy) is 1. The Morgan fingerprint density at radius 1 is 1.25 bits per heavy atom. The minimum absolute atomic E-state index is 0.0766. The fourth-order valence-electron chi connectivity index (χ4n) is 1.98. The van der Waals surface area contributed by atoms with E-state index in [2.05, 4.69) is 20.0 Å². The van der Waals surface area contributed by atoms with E-state index in [-0.39, 0.29) is 23.8 Å². The van der Waals surface area contributed by atoms with Crippen molar-refractivity contribution in [3.63, 3.8) is 0 Å². The summed E-state index contributed by atoms with van der Waals surface area (Å²) in [5.74, 6) is -0.856. The average Bonchev–Trinajstić information content (AvgIpc) is 2.55. The second kappa shape index (κ2) is 8.76. The molecule has 128 valence electrons. The van der Waals surface area contributed by atoms with Crippen molar-refractivity contribution in [2.24, 2.45) is 10.7 Å². The zero-order valence-electron chi connectivity index (χ0n) is 12.8. The van der Waals surface area contributed by atoms with Gasteiger partial charge in [0.1, 0.15) is 11.6 Å². The molecule has 0 spiro atoms. The van der Waals surface area contributed by atoms with Crippen LogP contribution in [0.5, 0.6) is 5.75 Å². The Kier molecular flexibility index (Phi) is 6.41. The van der Waals surface area contributed by atoms with Crippen LogP contribution in [-0.4, -0.2) is 24.1 Å². The van der Waals surface area contributed by atoms with Gasteiger partial charge in [0.05, 0.1) is 12.1 Å². The molecular weight excluding hydrogens is 321 g/mol. The summed E-state index contributed by atoms with van der Waals surface area (Å²) in [6, 6.07) is 9.26. The van der Waals surface area contributed by atoms with Crippen molar-refractivity contribution in [3.8, 4) is 5.75 Å². The monoisotopic (exact) mass is 338 g/mol. The van der Waals surface area contributed by atoms with E-state index in [4.69, 9.17) is 5.73 Å². The van der Waals surface area contributed by atoms with Gasteiger partial charge in [-0.05, 0) is 24.3 Å². The summed E-state index contributed by atoms with van der Waals surface area (Å²) >= 11 is 0. The normalized spacial score (nSPS) is 11.6. The van der Waals surface area contributed by atoms with E-state index >= 15 is 0 Å². The van der Waals surface area contributed by atoms with Crippen molar-refractivity contribution in [1.82, 2.24) is 10.3 Å². The highest BCUT2D eigenvalue weighted by Gasteiger charge is 2.13. The molecule has 8 heteroatoms. The number of nitrogens with two attached hydrogens (primary N) is 1. The highest BCUT2D eigenvalue weighted by Crippen LogP contribution is 2.24. The van der Waals surface area contributed by atoms with Crippen LogP contribution in [-0.2, 0) is 13.0 Å². The van der Waals surface area contributed by atoms with Gasteiger partial charge in [0.15, 0.2) is 5.96 Å². The summed E-state index contributed by atoms with van der Waals surface area (Å²) in [4.78, 5) is 8.11. The first-order valence-corrected chi connectivity index (χ1v) is 7.22. The zero-order chi connectivity index (χ0) is 17.4. The third kappa shape index (κ3) is 5.45. The molecule has 0 fully saturated rings. The van der Waals surface area contributed by atoms with Crippen LogP contribution in [0.2, 0.25) is 0 Å². The lowest BCUT2D eigenvalue weighted by atomic mass is 10.2. The van der Waals surface area contributed by atoms with Crippen LogP contribution in [0.25, 0.3) is 0 Å². The first-order chi connectivity index (χ1) is 11.6. The summed E-state index contributed by atoms with van der Waals surface area (Å²) in [6.45, 7) is -2.76. The maximum Gasteiger partial charge on any atom is 0.387 e. The molecule has 5 nitrogen and oxygen atoms in total. The summed E-state index contributed by atoms with van der Waals surface area (Å²) in [5, 5.41) is 2.86. The molecule has 0 aliphatic heterocycles. The number of hydrogen-bond donors (Lipinski definition) is 2. The summed E-state index contributed by atoms with van der Waals surface area (Å²) in [6.07, 6.45) is 2.33. The van der Waals surface area contributed by atoms with Gasteiger partial charge in [0, 0.05) is 24.9 Å². The molecule has 2 rings (SSSR count). The van der Waals surface area contributed by atoms with Gasteiger partial charge >= 0.3 is 6.61 Å². The highest BCUT2D eigenvalue weighted by molar-refractivity contribution is 5.77. The summed E-state index contributed by atoms with van der Waals surface area (Å²) in [7, 11) is 0. The third-order valence-electron chi connectivity index (χ3n) is 3.11. The molecule has 0 saturated heterocycles. The molecule has 1 heterocycles. The highest BCUT2D eigenvalue weighted by atomic mass is 19.3. The molecule has 0 aliphatic rings. The molecule has 0 bridgehead atoms. The second-order valence-electron chi connectivity index (χ2n) is 4.79. The topological polar surface area (TPSA) is 72.5 Å². The Morgan fingerprint density at radius 3 is 2.79 bits per heavy atom. The molecule has 0 aliphatic carbocycles. The standard InChI is InChI=1S/C16H17F3N4O/c17-13-5-3-6-14(24-15(18)19)12(13)10-23-16(20)22-9-7-11-4-1-2-8-21-11/h1-6,8,15H,7,9-10H2,(H3,20,22,23). The van der Waals surface area contributed by atoms with Crippen molar-refractivity contribution in [2.75, 3.05) is 6.54 Å². The van der Waals surface area contributed by atoms with Crippen molar-refractivity contribution < 1.29 is 17.9 Å². The van der Waals surface area contributed by atoms with Crippen molar-refractivity contribution in [1.29, 1.82) is 0 Å². The van der Waals surface area contributed by atoms with Crippen LogP contribution in [0.15, 0.2) is 47.6 Å². The fourth-order valence-corrected chi connectivity index (χ4v) is 1.98. The molecule has 0 atom stereocenters. The summed E-state index contributed by atoms with van der Waals surface area (Å²) in [5.41, 5.74) is 6.51.